The molecule has 2 bridgehead atoms. The van der Waals surface area contributed by atoms with Crippen LogP contribution in [-0.4, -0.2) is 44.6 Å². The summed E-state index contributed by atoms with van der Waals surface area (Å²) in [6, 6.07) is 14.9. The Kier molecular flexibility index (Phi) is 6.76. The SMILES string of the molecule is COc1c(F)ccc2c1CC[C@@H]2Nc1nccc2cc(-c3c4c(nc(CCc5cccc(Cl)c5)c3-c3n[nH]c(=O)o3)C35CC(CN3C4=O)C5)sc12. The van der Waals surface area contributed by atoms with Crippen molar-refractivity contribution in [1.82, 2.24) is 25.1 Å². The standard InChI is InChI=1S/C38H30ClFN6O4S/c1-49-31-23-7-10-25(22(23)6-8-24(31)40)43-34-32-20(11-12-41-34)14-27(51-32)29-28(35-44-45-37(48)50-35)26(9-5-18-3-2-4-21(39)13-18)42-33-30(29)36(47)46-17-19-15-38(33,46)16-19/h2-4,6,8,11-14,19,25H,5,7,9-10,15-17H2,1H3,(H,41,43)(H,45,48)/t19?,25-,38?/m0/s1. The number of hydrogen-bond acceptors (Lipinski definition) is 9. The van der Waals surface area contributed by atoms with Gasteiger partial charge >= 0.3 is 5.76 Å². The number of anilines is 1. The summed E-state index contributed by atoms with van der Waals surface area (Å²) >= 11 is 7.85. The van der Waals surface area contributed by atoms with E-state index in [1.54, 1.807) is 6.20 Å². The van der Waals surface area contributed by atoms with E-state index in [1.807, 2.05) is 41.3 Å². The number of nitrogens with one attached hydrogen (secondary N) is 2. The number of ether oxygens (including phenoxy) is 1. The van der Waals surface area contributed by atoms with E-state index >= 15 is 0 Å². The summed E-state index contributed by atoms with van der Waals surface area (Å²) in [5, 5.41) is 11.9. The maximum Gasteiger partial charge on any atom is 0.434 e. The highest BCUT2D eigenvalue weighted by atomic mass is 35.5. The summed E-state index contributed by atoms with van der Waals surface area (Å²) in [7, 11) is 1.49. The van der Waals surface area contributed by atoms with E-state index in [2.05, 4.69) is 21.6 Å². The van der Waals surface area contributed by atoms with Crippen LogP contribution in [0.3, 0.4) is 0 Å². The number of carbonyl (C=O) groups excluding carboxylic acids is 1. The number of aryl methyl sites for hydroxylation is 2. The van der Waals surface area contributed by atoms with Gasteiger partial charge in [-0.05, 0) is 91.3 Å². The van der Waals surface area contributed by atoms with E-state index in [0.29, 0.717) is 70.7 Å². The second-order valence-electron chi connectivity index (χ2n) is 13.9. The van der Waals surface area contributed by atoms with Crippen molar-refractivity contribution in [2.24, 2.45) is 5.92 Å². The van der Waals surface area contributed by atoms with Gasteiger partial charge in [0, 0.05) is 33.8 Å². The van der Waals surface area contributed by atoms with Gasteiger partial charge in [-0.2, -0.15) is 0 Å². The normalized spacial score (nSPS) is 21.2. The fraction of sp³-hybridized carbons (Fsp3) is 0.289. The third-order valence-corrected chi connectivity index (χ3v) is 12.5. The molecule has 3 aliphatic heterocycles. The molecule has 256 valence electrons. The minimum atomic E-state index is -0.690. The number of benzene rings is 2. The lowest BCUT2D eigenvalue weighted by molar-refractivity contribution is 0.0637. The van der Waals surface area contributed by atoms with E-state index in [1.165, 1.54) is 24.5 Å². The third kappa shape index (κ3) is 4.55. The van der Waals surface area contributed by atoms with E-state index in [-0.39, 0.29) is 23.7 Å². The molecule has 1 saturated carbocycles. The van der Waals surface area contributed by atoms with Crippen LogP contribution in [0.4, 0.5) is 10.2 Å². The summed E-state index contributed by atoms with van der Waals surface area (Å²) < 4.78 is 26.5. The zero-order chi connectivity index (χ0) is 34.6. The summed E-state index contributed by atoms with van der Waals surface area (Å²) in [5.74, 6) is 0.444. The Balaban J connectivity index is 1.14. The van der Waals surface area contributed by atoms with Crippen molar-refractivity contribution in [3.8, 4) is 27.6 Å². The van der Waals surface area contributed by atoms with Crippen molar-refractivity contribution >= 4 is 44.7 Å². The van der Waals surface area contributed by atoms with Gasteiger partial charge in [0.2, 0.25) is 0 Å². The Morgan fingerprint density at radius 1 is 1.14 bits per heavy atom. The van der Waals surface area contributed by atoms with Crippen molar-refractivity contribution < 1.29 is 18.3 Å². The van der Waals surface area contributed by atoms with Crippen LogP contribution in [0, 0.1) is 11.7 Å². The van der Waals surface area contributed by atoms with Crippen LogP contribution >= 0.6 is 22.9 Å². The number of halogens is 2. The number of H-pyrrole nitrogens is 1. The maximum absolute atomic E-state index is 14.5. The lowest BCUT2D eigenvalue weighted by Gasteiger charge is -2.37. The molecule has 1 atom stereocenters. The molecule has 1 spiro atoms. The van der Waals surface area contributed by atoms with Crippen LogP contribution in [0.1, 0.15) is 63.7 Å². The minimum absolute atomic E-state index is 0.0503. The molecule has 2 aromatic carbocycles. The van der Waals surface area contributed by atoms with Gasteiger partial charge < -0.3 is 19.4 Å². The first-order valence-electron chi connectivity index (χ1n) is 17.0. The van der Waals surface area contributed by atoms with Crippen molar-refractivity contribution in [3.05, 3.63) is 110 Å². The van der Waals surface area contributed by atoms with Crippen molar-refractivity contribution in [3.63, 3.8) is 0 Å². The molecule has 5 aliphatic rings. The van der Waals surface area contributed by atoms with Gasteiger partial charge in [0.1, 0.15) is 5.82 Å². The summed E-state index contributed by atoms with van der Waals surface area (Å²) in [6.07, 6.45) is 6.12. The number of fused-ring (bicyclic) bond motifs is 3. The van der Waals surface area contributed by atoms with E-state index in [4.69, 9.17) is 30.7 Å². The number of carbonyl (C=O) groups is 1. The molecule has 2 aliphatic carbocycles. The lowest BCUT2D eigenvalue weighted by Crippen LogP contribution is -2.40. The highest BCUT2D eigenvalue weighted by Gasteiger charge is 2.65. The summed E-state index contributed by atoms with van der Waals surface area (Å²) in [6.45, 7) is 0.710. The molecule has 11 rings (SSSR count). The third-order valence-electron chi connectivity index (χ3n) is 11.1. The first kappa shape index (κ1) is 30.7. The largest absolute Gasteiger partial charge is 0.493 e. The molecule has 10 nitrogen and oxygen atoms in total. The van der Waals surface area contributed by atoms with Crippen LogP contribution < -0.4 is 15.8 Å². The Morgan fingerprint density at radius 2 is 2.02 bits per heavy atom. The van der Waals surface area contributed by atoms with Crippen LogP contribution in [0.2, 0.25) is 5.02 Å². The quantitative estimate of drug-likeness (QED) is 0.166. The number of methoxy groups -OCH3 is 1. The summed E-state index contributed by atoms with van der Waals surface area (Å²) in [5.41, 5.74) is 5.74. The second-order valence-corrected chi connectivity index (χ2v) is 15.4. The molecule has 3 fully saturated rings. The molecule has 1 amide bonds. The fourth-order valence-corrected chi connectivity index (χ4v) is 10.3. The summed E-state index contributed by atoms with van der Waals surface area (Å²) in [4.78, 5) is 39.7. The first-order valence-corrected chi connectivity index (χ1v) is 18.2. The smallest absolute Gasteiger partial charge is 0.434 e. The molecule has 7 heterocycles. The van der Waals surface area contributed by atoms with E-state index in [0.717, 1.165) is 56.6 Å². The van der Waals surface area contributed by atoms with Crippen molar-refractivity contribution in [1.29, 1.82) is 0 Å². The maximum atomic E-state index is 14.5. The molecule has 6 aromatic rings. The Morgan fingerprint density at radius 3 is 2.82 bits per heavy atom. The number of hydrogen-bond donors (Lipinski definition) is 2. The Bertz CT molecular complexity index is 2500. The van der Waals surface area contributed by atoms with Crippen LogP contribution in [-0.2, 0) is 24.8 Å². The molecule has 4 aromatic heterocycles. The van der Waals surface area contributed by atoms with Gasteiger partial charge in [-0.1, -0.05) is 29.8 Å². The second kappa shape index (κ2) is 11.2. The van der Waals surface area contributed by atoms with Gasteiger partial charge in [0.25, 0.3) is 11.8 Å². The molecular weight excluding hydrogens is 691 g/mol. The molecule has 51 heavy (non-hydrogen) atoms. The number of pyridine rings is 2. The first-order chi connectivity index (χ1) is 24.8. The van der Waals surface area contributed by atoms with Crippen LogP contribution in [0.15, 0.2) is 63.9 Å². The number of nitrogens with zero attached hydrogens (tertiary/aromatic N) is 4. The van der Waals surface area contributed by atoms with E-state index < -0.39 is 11.3 Å². The molecule has 2 N–H and O–H groups in total. The number of amides is 1. The lowest BCUT2D eigenvalue weighted by atomic mass is 9.71. The number of aromatic nitrogens is 4. The van der Waals surface area contributed by atoms with Gasteiger partial charge in [-0.3, -0.25) is 9.78 Å². The average molecular weight is 721 g/mol. The molecule has 0 radical (unpaired) electrons. The zero-order valence-corrected chi connectivity index (χ0v) is 29.0. The highest BCUT2D eigenvalue weighted by Crippen LogP contribution is 2.63. The van der Waals surface area contributed by atoms with Crippen molar-refractivity contribution in [2.45, 2.75) is 50.1 Å². The predicted octanol–water partition coefficient (Wildman–Crippen LogP) is 7.46. The van der Waals surface area contributed by atoms with Crippen LogP contribution in [0.25, 0.3) is 32.0 Å². The monoisotopic (exact) mass is 720 g/mol. The van der Waals surface area contributed by atoms with Gasteiger partial charge in [0.05, 0.1) is 45.9 Å². The van der Waals surface area contributed by atoms with Gasteiger partial charge in [-0.25, -0.2) is 19.3 Å². The van der Waals surface area contributed by atoms with E-state index in [9.17, 15) is 14.0 Å². The molecule has 0 unspecified atom stereocenters. The molecular formula is C38H30ClFN6O4S. The predicted molar refractivity (Wildman–Crippen MR) is 191 cm³/mol. The number of aromatic amines is 1. The topological polar surface area (TPSA) is 126 Å². The Hall–Kier alpha value is -5.07. The minimum Gasteiger partial charge on any atom is -0.493 e. The van der Waals surface area contributed by atoms with Gasteiger partial charge in [-0.15, -0.1) is 16.4 Å². The fourth-order valence-electron chi connectivity index (χ4n) is 8.91. The molecule has 13 heteroatoms. The number of rotatable bonds is 8. The Labute approximate surface area is 299 Å². The van der Waals surface area contributed by atoms with Gasteiger partial charge in [0.15, 0.2) is 11.6 Å². The highest BCUT2D eigenvalue weighted by molar-refractivity contribution is 7.23. The number of thiophene rings is 1. The molecule has 2 saturated heterocycles. The van der Waals surface area contributed by atoms with Crippen LogP contribution in [0.5, 0.6) is 5.75 Å². The van der Waals surface area contributed by atoms with Crippen molar-refractivity contribution in [2.75, 3.05) is 19.0 Å². The zero-order valence-electron chi connectivity index (χ0n) is 27.4. The average Bonchev–Trinajstić information content (AvgIpc) is 3.95.